The van der Waals surface area contributed by atoms with Crippen LogP contribution >= 0.6 is 11.6 Å². The van der Waals surface area contributed by atoms with Crippen LogP contribution in [0.25, 0.3) is 0 Å². The molecule has 2 heterocycles. The summed E-state index contributed by atoms with van der Waals surface area (Å²) in [6.07, 6.45) is 9.16. The third-order valence-corrected chi connectivity index (χ3v) is 4.03. The van der Waals surface area contributed by atoms with Gasteiger partial charge in [0.15, 0.2) is 0 Å². The van der Waals surface area contributed by atoms with Gasteiger partial charge in [-0.05, 0) is 32.1 Å². The van der Waals surface area contributed by atoms with E-state index in [0.29, 0.717) is 17.9 Å². The lowest BCUT2D eigenvalue weighted by molar-refractivity contribution is 0.0156. The van der Waals surface area contributed by atoms with Crippen molar-refractivity contribution in [2.75, 3.05) is 6.61 Å². The number of ether oxygens (including phenoxy) is 1. The number of alkyl halides is 1. The minimum Gasteiger partial charge on any atom is -0.378 e. The highest BCUT2D eigenvalue weighted by atomic mass is 35.5. The number of hydrogen-bond donors (Lipinski definition) is 0. The van der Waals surface area contributed by atoms with E-state index in [1.54, 1.807) is 0 Å². The summed E-state index contributed by atoms with van der Waals surface area (Å²) in [7, 11) is 0. The first kappa shape index (κ1) is 12.4. The van der Waals surface area contributed by atoms with Crippen molar-refractivity contribution in [3.63, 3.8) is 0 Å². The van der Waals surface area contributed by atoms with Crippen LogP contribution in [0.15, 0.2) is 6.20 Å². The molecule has 0 radical (unpaired) electrons. The monoisotopic (exact) mass is 266 g/mol. The van der Waals surface area contributed by atoms with E-state index in [4.69, 9.17) is 21.3 Å². The lowest BCUT2D eigenvalue weighted by Gasteiger charge is -2.22. The molecule has 1 saturated carbocycles. The molecule has 1 saturated heterocycles. The predicted molar refractivity (Wildman–Crippen MR) is 70.9 cm³/mol. The lowest BCUT2D eigenvalue weighted by atomic mass is 10.1. The van der Waals surface area contributed by atoms with Crippen molar-refractivity contribution in [3.05, 3.63) is 23.3 Å². The first-order valence-corrected chi connectivity index (χ1v) is 7.42. The van der Waals surface area contributed by atoms with E-state index in [-0.39, 0.29) is 0 Å². The standard InChI is InChI=1S/C14H19ClN2O/c15-8-11-9-16-13(17-14(11)10-4-5-10)7-12-3-1-2-6-18-12/h9-10,12H,1-8H2. The molecular weight excluding hydrogens is 248 g/mol. The summed E-state index contributed by atoms with van der Waals surface area (Å²) >= 11 is 5.94. The molecule has 1 atom stereocenters. The molecule has 0 amide bonds. The lowest BCUT2D eigenvalue weighted by Crippen LogP contribution is -2.22. The van der Waals surface area contributed by atoms with E-state index in [0.717, 1.165) is 30.8 Å². The average molecular weight is 267 g/mol. The van der Waals surface area contributed by atoms with Crippen molar-refractivity contribution in [1.29, 1.82) is 0 Å². The molecule has 1 aromatic heterocycles. The number of rotatable bonds is 4. The van der Waals surface area contributed by atoms with Crippen LogP contribution < -0.4 is 0 Å². The van der Waals surface area contributed by atoms with Gasteiger partial charge < -0.3 is 4.74 Å². The molecule has 1 aromatic rings. The maximum atomic E-state index is 5.94. The summed E-state index contributed by atoms with van der Waals surface area (Å²) in [5.74, 6) is 2.08. The molecule has 3 nitrogen and oxygen atoms in total. The molecule has 3 rings (SSSR count). The SMILES string of the molecule is ClCc1cnc(CC2CCCCO2)nc1C1CC1. The molecule has 98 valence electrons. The molecule has 0 aromatic carbocycles. The second-order valence-corrected chi connectivity index (χ2v) is 5.56. The van der Waals surface area contributed by atoms with Gasteiger partial charge in [-0.2, -0.15) is 0 Å². The fraction of sp³-hybridized carbons (Fsp3) is 0.714. The second kappa shape index (κ2) is 5.54. The summed E-state index contributed by atoms with van der Waals surface area (Å²) in [5.41, 5.74) is 2.29. The Bertz CT molecular complexity index is 414. The van der Waals surface area contributed by atoms with E-state index >= 15 is 0 Å². The maximum Gasteiger partial charge on any atom is 0.131 e. The van der Waals surface area contributed by atoms with Gasteiger partial charge in [0.25, 0.3) is 0 Å². The Morgan fingerprint density at radius 2 is 2.17 bits per heavy atom. The number of nitrogens with zero attached hydrogens (tertiary/aromatic N) is 2. The van der Waals surface area contributed by atoms with Gasteiger partial charge in [-0.15, -0.1) is 11.6 Å². The third-order valence-electron chi connectivity index (χ3n) is 3.74. The zero-order chi connectivity index (χ0) is 12.4. The maximum absolute atomic E-state index is 5.94. The summed E-state index contributed by atoms with van der Waals surface area (Å²) < 4.78 is 5.75. The fourth-order valence-corrected chi connectivity index (χ4v) is 2.75. The summed E-state index contributed by atoms with van der Waals surface area (Å²) in [4.78, 5) is 9.16. The molecule has 1 unspecified atom stereocenters. The van der Waals surface area contributed by atoms with Gasteiger partial charge >= 0.3 is 0 Å². The van der Waals surface area contributed by atoms with Crippen LogP contribution in [0.4, 0.5) is 0 Å². The Kier molecular flexibility index (Phi) is 3.80. The number of aromatic nitrogens is 2. The van der Waals surface area contributed by atoms with Gasteiger partial charge in [0.05, 0.1) is 17.7 Å². The molecule has 0 spiro atoms. The van der Waals surface area contributed by atoms with E-state index in [1.165, 1.54) is 31.4 Å². The summed E-state index contributed by atoms with van der Waals surface area (Å²) in [6, 6.07) is 0. The van der Waals surface area contributed by atoms with Crippen LogP contribution in [0.1, 0.15) is 55.1 Å². The quantitative estimate of drug-likeness (QED) is 0.785. The van der Waals surface area contributed by atoms with Gasteiger partial charge in [0, 0.05) is 30.7 Å². The molecule has 0 N–H and O–H groups in total. The molecule has 1 aliphatic carbocycles. The van der Waals surface area contributed by atoms with Crippen LogP contribution in [0, 0.1) is 0 Å². The molecule has 2 fully saturated rings. The van der Waals surface area contributed by atoms with Gasteiger partial charge in [0.1, 0.15) is 5.82 Å². The Morgan fingerprint density at radius 1 is 1.28 bits per heavy atom. The number of halogens is 1. The Balaban J connectivity index is 1.73. The van der Waals surface area contributed by atoms with Crippen molar-refractivity contribution in [3.8, 4) is 0 Å². The Labute approximate surface area is 113 Å². The zero-order valence-electron chi connectivity index (χ0n) is 10.6. The highest BCUT2D eigenvalue weighted by Gasteiger charge is 2.28. The first-order chi connectivity index (χ1) is 8.86. The van der Waals surface area contributed by atoms with Gasteiger partial charge in [-0.25, -0.2) is 9.97 Å². The molecule has 1 aliphatic heterocycles. The van der Waals surface area contributed by atoms with Gasteiger partial charge in [0.2, 0.25) is 0 Å². The van der Waals surface area contributed by atoms with Crippen molar-refractivity contribution in [2.45, 2.75) is 56.4 Å². The molecule has 2 aliphatic rings. The predicted octanol–water partition coefficient (Wildman–Crippen LogP) is 3.20. The summed E-state index contributed by atoms with van der Waals surface area (Å²) in [5, 5.41) is 0. The molecular formula is C14H19ClN2O. The Hall–Kier alpha value is -0.670. The third kappa shape index (κ3) is 2.83. The van der Waals surface area contributed by atoms with Crippen LogP contribution in [0.5, 0.6) is 0 Å². The number of hydrogen-bond acceptors (Lipinski definition) is 3. The highest BCUT2D eigenvalue weighted by molar-refractivity contribution is 6.17. The van der Waals surface area contributed by atoms with E-state index in [9.17, 15) is 0 Å². The van der Waals surface area contributed by atoms with Crippen molar-refractivity contribution >= 4 is 11.6 Å². The van der Waals surface area contributed by atoms with Crippen LogP contribution in [-0.2, 0) is 17.0 Å². The average Bonchev–Trinajstić information content (AvgIpc) is 3.24. The van der Waals surface area contributed by atoms with Crippen molar-refractivity contribution < 1.29 is 4.74 Å². The zero-order valence-corrected chi connectivity index (χ0v) is 11.3. The van der Waals surface area contributed by atoms with Gasteiger partial charge in [-0.3, -0.25) is 0 Å². The molecule has 4 heteroatoms. The minimum absolute atomic E-state index is 0.313. The minimum atomic E-state index is 0.313. The Morgan fingerprint density at radius 3 is 2.83 bits per heavy atom. The van der Waals surface area contributed by atoms with Crippen LogP contribution in [0.2, 0.25) is 0 Å². The van der Waals surface area contributed by atoms with Crippen molar-refractivity contribution in [1.82, 2.24) is 9.97 Å². The fourth-order valence-electron chi connectivity index (χ4n) is 2.54. The molecule has 0 bridgehead atoms. The topological polar surface area (TPSA) is 35.0 Å². The van der Waals surface area contributed by atoms with E-state index < -0.39 is 0 Å². The van der Waals surface area contributed by atoms with Crippen LogP contribution in [-0.4, -0.2) is 22.7 Å². The van der Waals surface area contributed by atoms with Crippen molar-refractivity contribution in [2.24, 2.45) is 0 Å². The normalized spacial score (nSPS) is 24.2. The van der Waals surface area contributed by atoms with Crippen LogP contribution in [0.3, 0.4) is 0 Å². The smallest absolute Gasteiger partial charge is 0.131 e. The second-order valence-electron chi connectivity index (χ2n) is 5.30. The van der Waals surface area contributed by atoms with E-state index in [2.05, 4.69) is 4.98 Å². The highest BCUT2D eigenvalue weighted by Crippen LogP contribution is 2.40. The largest absolute Gasteiger partial charge is 0.378 e. The van der Waals surface area contributed by atoms with E-state index in [1.807, 2.05) is 6.20 Å². The first-order valence-electron chi connectivity index (χ1n) is 6.89. The molecule has 18 heavy (non-hydrogen) atoms. The van der Waals surface area contributed by atoms with Gasteiger partial charge in [-0.1, -0.05) is 0 Å². The summed E-state index contributed by atoms with van der Waals surface area (Å²) in [6.45, 7) is 0.889.